The van der Waals surface area contributed by atoms with Crippen molar-refractivity contribution in [3.63, 3.8) is 0 Å². The van der Waals surface area contributed by atoms with E-state index < -0.39 is 0 Å². The van der Waals surface area contributed by atoms with Crippen LogP contribution in [0.4, 0.5) is 0 Å². The maximum atomic E-state index is 5.88. The zero-order chi connectivity index (χ0) is 12.0. The molecular weight excluding hydrogens is 232 g/mol. The van der Waals surface area contributed by atoms with Crippen molar-refractivity contribution < 1.29 is 0 Å². The molecule has 1 aliphatic carbocycles. The van der Waals surface area contributed by atoms with Gasteiger partial charge in [0.15, 0.2) is 0 Å². The Kier molecular flexibility index (Phi) is 2.44. The number of alkyl halides is 1. The Bertz CT molecular complexity index is 567. The molecule has 2 aromatic rings. The number of benzene rings is 1. The van der Waals surface area contributed by atoms with Crippen LogP contribution in [-0.2, 0) is 12.0 Å². The minimum Gasteiger partial charge on any atom is -0.322 e. The van der Waals surface area contributed by atoms with Gasteiger partial charge in [-0.15, -0.1) is 11.6 Å². The molecule has 1 heterocycles. The summed E-state index contributed by atoms with van der Waals surface area (Å²) < 4.78 is 2.41. The van der Waals surface area contributed by atoms with E-state index in [9.17, 15) is 0 Å². The molecule has 1 aromatic heterocycles. The molecule has 90 valence electrons. The Morgan fingerprint density at radius 2 is 2.18 bits per heavy atom. The first-order valence-electron chi connectivity index (χ1n) is 6.18. The third-order valence-electron chi connectivity index (χ3n) is 3.71. The van der Waals surface area contributed by atoms with Crippen molar-refractivity contribution in [2.45, 2.75) is 38.6 Å². The molecule has 3 rings (SSSR count). The van der Waals surface area contributed by atoms with E-state index in [0.29, 0.717) is 5.88 Å². The number of fused-ring (bicyclic) bond motifs is 1. The second kappa shape index (κ2) is 3.74. The summed E-state index contributed by atoms with van der Waals surface area (Å²) in [7, 11) is 0. The van der Waals surface area contributed by atoms with Gasteiger partial charge in [0.1, 0.15) is 5.82 Å². The molecule has 2 nitrogen and oxygen atoms in total. The quantitative estimate of drug-likeness (QED) is 0.759. The smallest absolute Gasteiger partial charge is 0.111 e. The lowest BCUT2D eigenvalue weighted by Gasteiger charge is -2.15. The van der Waals surface area contributed by atoms with Gasteiger partial charge in [0.05, 0.1) is 11.0 Å². The van der Waals surface area contributed by atoms with E-state index in [0.717, 1.165) is 17.8 Å². The molecule has 1 aliphatic rings. The molecular formula is C14H17ClN2. The first-order chi connectivity index (χ1) is 8.14. The molecule has 1 aromatic carbocycles. The Balaban J connectivity index is 2.25. The molecule has 0 bridgehead atoms. The summed E-state index contributed by atoms with van der Waals surface area (Å²) in [6.07, 6.45) is 3.36. The zero-order valence-corrected chi connectivity index (χ0v) is 11.1. The summed E-state index contributed by atoms with van der Waals surface area (Å²) in [5, 5.41) is 0. The summed E-state index contributed by atoms with van der Waals surface area (Å²) in [5.41, 5.74) is 3.94. The second-order valence-corrected chi connectivity index (χ2v) is 5.67. The molecule has 1 fully saturated rings. The van der Waals surface area contributed by atoms with E-state index >= 15 is 0 Å². The number of nitrogens with zero attached hydrogens (tertiary/aromatic N) is 2. The molecule has 0 atom stereocenters. The average Bonchev–Trinajstić information content (AvgIpc) is 2.91. The van der Waals surface area contributed by atoms with Crippen molar-refractivity contribution in [2.75, 3.05) is 5.88 Å². The van der Waals surface area contributed by atoms with Gasteiger partial charge in [0, 0.05) is 17.8 Å². The molecule has 0 aliphatic heterocycles. The number of halogens is 1. The molecule has 0 unspecified atom stereocenters. The van der Waals surface area contributed by atoms with Gasteiger partial charge in [-0.05, 0) is 44.4 Å². The maximum absolute atomic E-state index is 5.88. The lowest BCUT2D eigenvalue weighted by Crippen LogP contribution is -2.16. The first kappa shape index (κ1) is 11.1. The molecule has 1 saturated carbocycles. The van der Waals surface area contributed by atoms with Crippen LogP contribution in [0.1, 0.15) is 31.2 Å². The zero-order valence-electron chi connectivity index (χ0n) is 10.3. The van der Waals surface area contributed by atoms with Crippen LogP contribution < -0.4 is 0 Å². The summed E-state index contributed by atoms with van der Waals surface area (Å²) in [4.78, 5) is 4.73. The standard InChI is InChI=1S/C14H17ClN2/c1-10-3-4-11-12(9-10)17(14(2)6-7-14)13(16-11)5-8-15/h3-4,9H,5-8H2,1-2H3. The Hall–Kier alpha value is -1.02. The lowest BCUT2D eigenvalue weighted by molar-refractivity contribution is 0.525. The van der Waals surface area contributed by atoms with Gasteiger partial charge >= 0.3 is 0 Å². The summed E-state index contributed by atoms with van der Waals surface area (Å²) in [6.45, 7) is 4.45. The largest absolute Gasteiger partial charge is 0.322 e. The molecule has 17 heavy (non-hydrogen) atoms. The van der Waals surface area contributed by atoms with Crippen LogP contribution in [-0.4, -0.2) is 15.4 Å². The number of imidazole rings is 1. The Morgan fingerprint density at radius 1 is 1.41 bits per heavy atom. The Morgan fingerprint density at radius 3 is 2.82 bits per heavy atom. The molecule has 0 amide bonds. The van der Waals surface area contributed by atoms with Gasteiger partial charge in [-0.3, -0.25) is 0 Å². The van der Waals surface area contributed by atoms with Crippen molar-refractivity contribution in [3.8, 4) is 0 Å². The van der Waals surface area contributed by atoms with Gasteiger partial charge in [0.25, 0.3) is 0 Å². The van der Waals surface area contributed by atoms with E-state index in [1.807, 2.05) is 0 Å². The lowest BCUT2D eigenvalue weighted by atomic mass is 10.2. The van der Waals surface area contributed by atoms with Crippen LogP contribution in [0.5, 0.6) is 0 Å². The van der Waals surface area contributed by atoms with Gasteiger partial charge in [0.2, 0.25) is 0 Å². The maximum Gasteiger partial charge on any atom is 0.111 e. The Labute approximate surface area is 107 Å². The third kappa shape index (κ3) is 1.75. The van der Waals surface area contributed by atoms with E-state index in [-0.39, 0.29) is 5.54 Å². The van der Waals surface area contributed by atoms with Crippen LogP contribution >= 0.6 is 11.6 Å². The minimum absolute atomic E-state index is 0.282. The van der Waals surface area contributed by atoms with Gasteiger partial charge in [-0.25, -0.2) is 4.98 Å². The van der Waals surface area contributed by atoms with E-state index in [1.54, 1.807) is 0 Å². The highest BCUT2D eigenvalue weighted by Crippen LogP contribution is 2.45. The summed E-state index contributed by atoms with van der Waals surface area (Å²) in [6, 6.07) is 6.48. The van der Waals surface area contributed by atoms with Crippen LogP contribution in [0.2, 0.25) is 0 Å². The monoisotopic (exact) mass is 248 g/mol. The van der Waals surface area contributed by atoms with E-state index in [4.69, 9.17) is 16.6 Å². The fraction of sp³-hybridized carbons (Fsp3) is 0.500. The topological polar surface area (TPSA) is 17.8 Å². The predicted octanol–water partition coefficient (Wildman–Crippen LogP) is 3.64. The fourth-order valence-electron chi connectivity index (χ4n) is 2.49. The van der Waals surface area contributed by atoms with Crippen molar-refractivity contribution in [2.24, 2.45) is 0 Å². The molecule has 0 N–H and O–H groups in total. The van der Waals surface area contributed by atoms with Crippen molar-refractivity contribution >= 4 is 22.6 Å². The highest BCUT2D eigenvalue weighted by molar-refractivity contribution is 6.17. The molecule has 0 radical (unpaired) electrons. The number of aryl methyl sites for hydroxylation is 2. The number of hydrogen-bond acceptors (Lipinski definition) is 1. The second-order valence-electron chi connectivity index (χ2n) is 5.29. The van der Waals surface area contributed by atoms with Crippen LogP contribution in [0.15, 0.2) is 18.2 Å². The number of rotatable bonds is 3. The predicted molar refractivity (Wildman–Crippen MR) is 71.8 cm³/mol. The van der Waals surface area contributed by atoms with E-state index in [1.165, 1.54) is 23.9 Å². The van der Waals surface area contributed by atoms with Crippen LogP contribution in [0, 0.1) is 6.92 Å². The third-order valence-corrected chi connectivity index (χ3v) is 3.90. The molecule has 3 heteroatoms. The molecule has 0 spiro atoms. The number of hydrogen-bond donors (Lipinski definition) is 0. The highest BCUT2D eigenvalue weighted by Gasteiger charge is 2.41. The fourth-order valence-corrected chi connectivity index (χ4v) is 2.66. The van der Waals surface area contributed by atoms with Crippen molar-refractivity contribution in [1.82, 2.24) is 9.55 Å². The van der Waals surface area contributed by atoms with Crippen LogP contribution in [0.25, 0.3) is 11.0 Å². The SMILES string of the molecule is Cc1ccc2nc(CCCl)n(C3(C)CC3)c2c1. The normalized spacial score (nSPS) is 17.6. The van der Waals surface area contributed by atoms with E-state index in [2.05, 4.69) is 36.6 Å². The van der Waals surface area contributed by atoms with Crippen molar-refractivity contribution in [3.05, 3.63) is 29.6 Å². The highest BCUT2D eigenvalue weighted by atomic mass is 35.5. The van der Waals surface area contributed by atoms with Gasteiger partial charge in [-0.1, -0.05) is 6.07 Å². The first-order valence-corrected chi connectivity index (χ1v) is 6.72. The van der Waals surface area contributed by atoms with Crippen LogP contribution in [0.3, 0.4) is 0 Å². The molecule has 0 saturated heterocycles. The van der Waals surface area contributed by atoms with Crippen molar-refractivity contribution in [1.29, 1.82) is 0 Å². The van der Waals surface area contributed by atoms with Gasteiger partial charge in [-0.2, -0.15) is 0 Å². The summed E-state index contributed by atoms with van der Waals surface area (Å²) in [5.74, 6) is 1.78. The average molecular weight is 249 g/mol. The summed E-state index contributed by atoms with van der Waals surface area (Å²) >= 11 is 5.88. The number of aromatic nitrogens is 2. The minimum atomic E-state index is 0.282. The van der Waals surface area contributed by atoms with Gasteiger partial charge < -0.3 is 4.57 Å².